The van der Waals surface area contributed by atoms with Crippen LogP contribution in [0.3, 0.4) is 0 Å². The molecule has 2 saturated heterocycles. The van der Waals surface area contributed by atoms with Crippen molar-refractivity contribution >= 4 is 23.4 Å². The van der Waals surface area contributed by atoms with E-state index in [9.17, 15) is 4.79 Å². The maximum absolute atomic E-state index is 12.6. The van der Waals surface area contributed by atoms with Gasteiger partial charge in [-0.05, 0) is 55.6 Å². The van der Waals surface area contributed by atoms with Crippen LogP contribution >= 0.6 is 11.8 Å². The quantitative estimate of drug-likeness (QED) is 0.683. The Kier molecular flexibility index (Phi) is 5.84. The Hall–Kier alpha value is -1.00. The van der Waals surface area contributed by atoms with Crippen molar-refractivity contribution in [2.45, 2.75) is 69.9 Å². The number of rotatable bonds is 6. The van der Waals surface area contributed by atoms with Gasteiger partial charge < -0.3 is 4.90 Å². The molecule has 27 heavy (non-hydrogen) atoms. The summed E-state index contributed by atoms with van der Waals surface area (Å²) in [7, 11) is 0. The first kappa shape index (κ1) is 19.3. The SMILES string of the molecule is CCC(C)C1CC2CCC(C1)N2CC(C)CN1C(=O)CSc2ccccc21. The highest BCUT2D eigenvalue weighted by atomic mass is 32.2. The molecule has 148 valence electrons. The summed E-state index contributed by atoms with van der Waals surface area (Å²) in [4.78, 5) is 18.7. The number of thioether (sulfide) groups is 1. The molecule has 1 aromatic carbocycles. The minimum Gasteiger partial charge on any atom is -0.310 e. The van der Waals surface area contributed by atoms with Crippen LogP contribution in [0.4, 0.5) is 5.69 Å². The molecule has 0 N–H and O–H groups in total. The Labute approximate surface area is 168 Å². The average molecular weight is 387 g/mol. The number of anilines is 1. The molecule has 2 bridgehead atoms. The predicted octanol–water partition coefficient (Wildman–Crippen LogP) is 5.05. The van der Waals surface area contributed by atoms with Crippen LogP contribution in [0.2, 0.25) is 0 Å². The Bertz CT molecular complexity index is 664. The average Bonchev–Trinajstić information content (AvgIpc) is 2.90. The van der Waals surface area contributed by atoms with Crippen LogP contribution in [0, 0.1) is 17.8 Å². The first-order valence-corrected chi connectivity index (χ1v) is 11.8. The fraction of sp³-hybridized carbons (Fsp3) is 0.696. The smallest absolute Gasteiger partial charge is 0.237 e. The number of carbonyl (C=O) groups excluding carboxylic acids is 1. The molecule has 1 aromatic rings. The fourth-order valence-electron chi connectivity index (χ4n) is 5.50. The Morgan fingerprint density at radius 2 is 1.81 bits per heavy atom. The summed E-state index contributed by atoms with van der Waals surface area (Å²) in [6, 6.07) is 9.94. The molecule has 3 nitrogen and oxygen atoms in total. The molecule has 3 aliphatic rings. The summed E-state index contributed by atoms with van der Waals surface area (Å²) >= 11 is 1.68. The van der Waals surface area contributed by atoms with Gasteiger partial charge in [0.25, 0.3) is 0 Å². The van der Waals surface area contributed by atoms with Crippen molar-refractivity contribution in [3.05, 3.63) is 24.3 Å². The molecule has 3 aliphatic heterocycles. The zero-order valence-corrected chi connectivity index (χ0v) is 17.9. The van der Waals surface area contributed by atoms with Crippen molar-refractivity contribution in [2.24, 2.45) is 17.8 Å². The highest BCUT2D eigenvalue weighted by Crippen LogP contribution is 2.42. The van der Waals surface area contributed by atoms with Gasteiger partial charge in [-0.2, -0.15) is 0 Å². The van der Waals surface area contributed by atoms with E-state index in [1.54, 1.807) is 11.8 Å². The molecule has 4 rings (SSSR count). The number of carbonyl (C=O) groups is 1. The molecule has 4 heteroatoms. The Morgan fingerprint density at radius 3 is 2.52 bits per heavy atom. The lowest BCUT2D eigenvalue weighted by molar-refractivity contribution is -0.116. The monoisotopic (exact) mass is 386 g/mol. The van der Waals surface area contributed by atoms with Crippen LogP contribution in [0.15, 0.2) is 29.2 Å². The summed E-state index contributed by atoms with van der Waals surface area (Å²) in [6.45, 7) is 9.10. The van der Waals surface area contributed by atoms with E-state index in [2.05, 4.69) is 49.9 Å². The van der Waals surface area contributed by atoms with Gasteiger partial charge >= 0.3 is 0 Å². The molecular weight excluding hydrogens is 352 g/mol. The summed E-state index contributed by atoms with van der Waals surface area (Å²) in [5.74, 6) is 3.14. The van der Waals surface area contributed by atoms with Crippen LogP contribution in [0.1, 0.15) is 52.9 Å². The number of fused-ring (bicyclic) bond motifs is 3. The van der Waals surface area contributed by atoms with E-state index in [4.69, 9.17) is 0 Å². The molecule has 0 aromatic heterocycles. The normalized spacial score (nSPS) is 30.3. The van der Waals surface area contributed by atoms with Gasteiger partial charge in [0.15, 0.2) is 0 Å². The van der Waals surface area contributed by atoms with E-state index in [-0.39, 0.29) is 5.91 Å². The number of hydrogen-bond donors (Lipinski definition) is 0. The van der Waals surface area contributed by atoms with Crippen molar-refractivity contribution in [1.29, 1.82) is 0 Å². The lowest BCUT2D eigenvalue weighted by Gasteiger charge is -2.42. The molecule has 0 spiro atoms. The number of para-hydroxylation sites is 1. The molecular formula is C23H34N2OS. The first-order chi connectivity index (χ1) is 13.1. The van der Waals surface area contributed by atoms with E-state index in [0.717, 1.165) is 42.7 Å². The minimum absolute atomic E-state index is 0.268. The lowest BCUT2D eigenvalue weighted by Crippen LogP contribution is -2.48. The van der Waals surface area contributed by atoms with Crippen molar-refractivity contribution in [1.82, 2.24) is 4.90 Å². The maximum Gasteiger partial charge on any atom is 0.237 e. The standard InChI is InChI=1S/C23H34N2OS/c1-4-17(3)18-11-19-9-10-20(12-18)24(19)13-16(2)14-25-21-7-5-6-8-22(21)27-15-23(25)26/h5-8,16-20H,4,9-15H2,1-3H3. The summed E-state index contributed by atoms with van der Waals surface area (Å²) < 4.78 is 0. The number of nitrogens with zero attached hydrogens (tertiary/aromatic N) is 2. The highest BCUT2D eigenvalue weighted by molar-refractivity contribution is 8.00. The Balaban J connectivity index is 1.39. The van der Waals surface area contributed by atoms with E-state index in [1.165, 1.54) is 37.0 Å². The topological polar surface area (TPSA) is 23.6 Å². The van der Waals surface area contributed by atoms with Gasteiger partial charge in [0.05, 0.1) is 11.4 Å². The number of benzene rings is 1. The molecule has 0 radical (unpaired) electrons. The van der Waals surface area contributed by atoms with Gasteiger partial charge in [-0.25, -0.2) is 0 Å². The summed E-state index contributed by atoms with van der Waals surface area (Å²) in [6.07, 6.45) is 6.86. The molecule has 2 fully saturated rings. The Morgan fingerprint density at radius 1 is 1.11 bits per heavy atom. The largest absolute Gasteiger partial charge is 0.310 e. The van der Waals surface area contributed by atoms with Gasteiger partial charge in [0.1, 0.15) is 0 Å². The van der Waals surface area contributed by atoms with Crippen LogP contribution < -0.4 is 4.90 Å². The maximum atomic E-state index is 12.6. The second kappa shape index (κ2) is 8.16. The second-order valence-electron chi connectivity index (χ2n) is 9.06. The van der Waals surface area contributed by atoms with Crippen molar-refractivity contribution < 1.29 is 4.79 Å². The number of hydrogen-bond acceptors (Lipinski definition) is 3. The van der Waals surface area contributed by atoms with E-state index < -0.39 is 0 Å². The third-order valence-electron chi connectivity index (χ3n) is 7.19. The van der Waals surface area contributed by atoms with Crippen LogP contribution in [0.5, 0.6) is 0 Å². The number of amides is 1. The van der Waals surface area contributed by atoms with Crippen LogP contribution in [0.25, 0.3) is 0 Å². The van der Waals surface area contributed by atoms with E-state index in [0.29, 0.717) is 11.7 Å². The highest BCUT2D eigenvalue weighted by Gasteiger charge is 2.42. The van der Waals surface area contributed by atoms with Gasteiger partial charge in [-0.1, -0.05) is 39.3 Å². The molecule has 4 atom stereocenters. The van der Waals surface area contributed by atoms with Crippen molar-refractivity contribution in [2.75, 3.05) is 23.7 Å². The zero-order chi connectivity index (χ0) is 19.0. The van der Waals surface area contributed by atoms with Crippen LogP contribution in [-0.2, 0) is 4.79 Å². The molecule has 1 amide bonds. The van der Waals surface area contributed by atoms with Crippen molar-refractivity contribution in [3.8, 4) is 0 Å². The second-order valence-corrected chi connectivity index (χ2v) is 10.1. The minimum atomic E-state index is 0.268. The van der Waals surface area contributed by atoms with Crippen molar-refractivity contribution in [3.63, 3.8) is 0 Å². The molecule has 0 saturated carbocycles. The molecule has 4 unspecified atom stereocenters. The van der Waals surface area contributed by atoms with Gasteiger partial charge in [0, 0.05) is 30.1 Å². The molecule has 0 aliphatic carbocycles. The fourth-order valence-corrected chi connectivity index (χ4v) is 6.43. The summed E-state index contributed by atoms with van der Waals surface area (Å²) in [5, 5.41) is 0. The number of piperidine rings is 1. The predicted molar refractivity (Wildman–Crippen MR) is 114 cm³/mol. The zero-order valence-electron chi connectivity index (χ0n) is 17.1. The molecule has 3 heterocycles. The van der Waals surface area contributed by atoms with Gasteiger partial charge in [-0.15, -0.1) is 11.8 Å². The lowest BCUT2D eigenvalue weighted by atomic mass is 9.80. The third-order valence-corrected chi connectivity index (χ3v) is 8.24. The van der Waals surface area contributed by atoms with E-state index >= 15 is 0 Å². The van der Waals surface area contributed by atoms with Crippen LogP contribution in [-0.4, -0.2) is 41.7 Å². The third kappa shape index (κ3) is 3.93. The summed E-state index contributed by atoms with van der Waals surface area (Å²) in [5.41, 5.74) is 1.11. The van der Waals surface area contributed by atoms with Gasteiger partial charge in [0.2, 0.25) is 5.91 Å². The van der Waals surface area contributed by atoms with E-state index in [1.807, 2.05) is 4.90 Å². The first-order valence-electron chi connectivity index (χ1n) is 10.8. The van der Waals surface area contributed by atoms with Gasteiger partial charge in [-0.3, -0.25) is 9.69 Å².